The molecule has 0 aromatic heterocycles. The fourth-order valence-electron chi connectivity index (χ4n) is 2.71. The van der Waals surface area contributed by atoms with Gasteiger partial charge in [-0.2, -0.15) is 5.10 Å². The van der Waals surface area contributed by atoms with Crippen molar-refractivity contribution in [3.8, 4) is 0 Å². The molecule has 0 saturated heterocycles. The zero-order chi connectivity index (χ0) is 16.0. The minimum Gasteiger partial charge on any atom is -0.361 e. The van der Waals surface area contributed by atoms with Crippen LogP contribution in [-0.2, 0) is 11.2 Å². The van der Waals surface area contributed by atoms with E-state index in [1.54, 1.807) is 0 Å². The van der Waals surface area contributed by atoms with Gasteiger partial charge in [0.05, 0.1) is 0 Å². The number of carbonyl (C=O) groups excluding carboxylic acids is 1. The molecule has 0 heterocycles. The Bertz CT molecular complexity index is 567. The van der Waals surface area contributed by atoms with Crippen LogP contribution >= 0.6 is 12.2 Å². The van der Waals surface area contributed by atoms with Crippen LogP contribution in [0.5, 0.6) is 0 Å². The molecule has 1 saturated carbocycles. The Balaban J connectivity index is 1.75. The number of Topliss-reactive ketones (excluding diaryl/α,β-unsaturated/α-hetero) is 1. The predicted octanol–water partition coefficient (Wildman–Crippen LogP) is 2.83. The van der Waals surface area contributed by atoms with Crippen molar-refractivity contribution < 1.29 is 4.79 Å². The van der Waals surface area contributed by atoms with Crippen LogP contribution in [0.15, 0.2) is 35.4 Å². The Morgan fingerprint density at radius 2 is 2.00 bits per heavy atom. The van der Waals surface area contributed by atoms with E-state index in [0.29, 0.717) is 18.0 Å². The summed E-state index contributed by atoms with van der Waals surface area (Å²) in [6.45, 7) is 4.94. The molecular weight excluding hydrogens is 294 g/mol. The van der Waals surface area contributed by atoms with Crippen molar-refractivity contribution in [3.63, 3.8) is 0 Å². The summed E-state index contributed by atoms with van der Waals surface area (Å²) in [6, 6.07) is 10.2. The minimum absolute atomic E-state index is 0.00178. The number of hydrazone groups is 1. The Hall–Kier alpha value is -1.75. The molecule has 2 N–H and O–H groups in total. The van der Waals surface area contributed by atoms with E-state index in [0.717, 1.165) is 25.1 Å². The van der Waals surface area contributed by atoms with Crippen molar-refractivity contribution in [2.24, 2.45) is 10.5 Å². The van der Waals surface area contributed by atoms with Crippen molar-refractivity contribution in [2.75, 3.05) is 6.54 Å². The van der Waals surface area contributed by atoms with Gasteiger partial charge < -0.3 is 5.32 Å². The fourth-order valence-corrected chi connectivity index (χ4v) is 2.86. The van der Waals surface area contributed by atoms with E-state index in [1.807, 2.05) is 18.2 Å². The molecular formula is C17H23N3OS. The van der Waals surface area contributed by atoms with Gasteiger partial charge in [0.25, 0.3) is 0 Å². The normalized spacial score (nSPS) is 19.0. The standard InChI is InChI=1S/C17H23N3OS/c1-17(2)11-14(10-15(21)12-17)19-20-16(22)18-9-8-13-6-4-3-5-7-13/h3-7H,8-12H2,1-2H3,(H2,18,20,22)/b19-14-. The number of ketones is 1. The first kappa shape index (κ1) is 16.6. The fraction of sp³-hybridized carbons (Fsp3) is 0.471. The lowest BCUT2D eigenvalue weighted by atomic mass is 9.76. The topological polar surface area (TPSA) is 53.5 Å². The monoisotopic (exact) mass is 317 g/mol. The third-order valence-corrected chi connectivity index (χ3v) is 3.85. The Labute approximate surface area is 137 Å². The highest BCUT2D eigenvalue weighted by atomic mass is 32.1. The molecule has 1 aliphatic rings. The highest BCUT2D eigenvalue weighted by Crippen LogP contribution is 2.31. The van der Waals surface area contributed by atoms with Gasteiger partial charge in [0, 0.05) is 25.1 Å². The zero-order valence-electron chi connectivity index (χ0n) is 13.2. The molecule has 1 fully saturated rings. The molecule has 2 rings (SSSR count). The molecule has 1 aromatic carbocycles. The second-order valence-electron chi connectivity index (χ2n) is 6.51. The molecule has 1 aliphatic carbocycles. The second-order valence-corrected chi connectivity index (χ2v) is 6.92. The average Bonchev–Trinajstić information content (AvgIpc) is 2.44. The van der Waals surface area contributed by atoms with Crippen LogP contribution in [0, 0.1) is 5.41 Å². The highest BCUT2D eigenvalue weighted by molar-refractivity contribution is 7.80. The third kappa shape index (κ3) is 5.56. The number of carbonyl (C=O) groups is 1. The summed E-state index contributed by atoms with van der Waals surface area (Å²) in [6.07, 6.45) is 2.80. The first-order valence-electron chi connectivity index (χ1n) is 7.59. The smallest absolute Gasteiger partial charge is 0.186 e. The van der Waals surface area contributed by atoms with Crippen LogP contribution in [0.2, 0.25) is 0 Å². The molecule has 0 aliphatic heterocycles. The van der Waals surface area contributed by atoms with Crippen LogP contribution < -0.4 is 10.7 Å². The van der Waals surface area contributed by atoms with Crippen LogP contribution in [0.25, 0.3) is 0 Å². The lowest BCUT2D eigenvalue weighted by molar-refractivity contribution is -0.120. The molecule has 0 unspecified atom stereocenters. The van der Waals surface area contributed by atoms with Gasteiger partial charge in [-0.25, -0.2) is 0 Å². The quantitative estimate of drug-likeness (QED) is 0.662. The summed E-state index contributed by atoms with van der Waals surface area (Å²) in [5.74, 6) is 0.250. The molecule has 22 heavy (non-hydrogen) atoms. The number of hydrogen-bond donors (Lipinski definition) is 2. The number of rotatable bonds is 4. The predicted molar refractivity (Wildman–Crippen MR) is 94.0 cm³/mol. The summed E-state index contributed by atoms with van der Waals surface area (Å²) in [5, 5.41) is 7.93. The van der Waals surface area contributed by atoms with Gasteiger partial charge in [-0.05, 0) is 36.0 Å². The Kier molecular flexibility index (Phi) is 5.66. The molecule has 118 valence electrons. The molecule has 5 heteroatoms. The van der Waals surface area contributed by atoms with Crippen LogP contribution in [0.3, 0.4) is 0 Å². The van der Waals surface area contributed by atoms with E-state index in [2.05, 4.69) is 41.8 Å². The summed E-state index contributed by atoms with van der Waals surface area (Å²) in [4.78, 5) is 11.7. The first-order chi connectivity index (χ1) is 10.4. The van der Waals surface area contributed by atoms with E-state index >= 15 is 0 Å². The summed E-state index contributed by atoms with van der Waals surface area (Å²) >= 11 is 5.21. The van der Waals surface area contributed by atoms with E-state index in [-0.39, 0.29) is 11.2 Å². The highest BCUT2D eigenvalue weighted by Gasteiger charge is 2.30. The first-order valence-corrected chi connectivity index (χ1v) is 8.00. The van der Waals surface area contributed by atoms with Gasteiger partial charge in [0.2, 0.25) is 0 Å². The second kappa shape index (κ2) is 7.49. The van der Waals surface area contributed by atoms with Gasteiger partial charge in [-0.3, -0.25) is 10.2 Å². The molecule has 0 radical (unpaired) electrons. The largest absolute Gasteiger partial charge is 0.361 e. The number of thiocarbonyl (C=S) groups is 1. The van der Waals surface area contributed by atoms with Gasteiger partial charge in [-0.15, -0.1) is 0 Å². The average molecular weight is 317 g/mol. The number of hydrogen-bond acceptors (Lipinski definition) is 3. The molecule has 0 atom stereocenters. The minimum atomic E-state index is -0.00178. The maximum absolute atomic E-state index is 11.7. The third-order valence-electron chi connectivity index (χ3n) is 3.62. The summed E-state index contributed by atoms with van der Waals surface area (Å²) in [5.41, 5.74) is 5.00. The van der Waals surface area contributed by atoms with E-state index in [1.165, 1.54) is 5.56 Å². The maximum atomic E-state index is 11.7. The van der Waals surface area contributed by atoms with Crippen LogP contribution in [-0.4, -0.2) is 23.2 Å². The molecule has 0 amide bonds. The summed E-state index contributed by atoms with van der Waals surface area (Å²) < 4.78 is 0. The number of benzene rings is 1. The van der Waals surface area contributed by atoms with Crippen molar-refractivity contribution in [1.82, 2.24) is 10.7 Å². The van der Waals surface area contributed by atoms with Crippen molar-refractivity contribution in [2.45, 2.75) is 39.5 Å². The Morgan fingerprint density at radius 3 is 2.68 bits per heavy atom. The van der Waals surface area contributed by atoms with E-state index in [9.17, 15) is 4.79 Å². The lowest BCUT2D eigenvalue weighted by Gasteiger charge is -2.29. The Morgan fingerprint density at radius 1 is 1.27 bits per heavy atom. The number of nitrogens with zero attached hydrogens (tertiary/aromatic N) is 1. The van der Waals surface area contributed by atoms with E-state index in [4.69, 9.17) is 12.2 Å². The van der Waals surface area contributed by atoms with Gasteiger partial charge in [0.1, 0.15) is 5.78 Å². The molecule has 0 bridgehead atoms. The van der Waals surface area contributed by atoms with Crippen LogP contribution in [0.1, 0.15) is 38.7 Å². The molecule has 4 nitrogen and oxygen atoms in total. The SMILES string of the molecule is CC1(C)CC(=O)C/C(=N/NC(=S)NCCc2ccccc2)C1. The summed E-state index contributed by atoms with van der Waals surface area (Å²) in [7, 11) is 0. The van der Waals surface area contributed by atoms with Gasteiger partial charge in [0.15, 0.2) is 5.11 Å². The number of nitrogens with one attached hydrogen (secondary N) is 2. The van der Waals surface area contributed by atoms with Crippen molar-refractivity contribution in [1.29, 1.82) is 0 Å². The molecule has 0 spiro atoms. The van der Waals surface area contributed by atoms with Gasteiger partial charge >= 0.3 is 0 Å². The van der Waals surface area contributed by atoms with Crippen molar-refractivity contribution >= 4 is 28.8 Å². The maximum Gasteiger partial charge on any atom is 0.186 e. The molecule has 1 aromatic rings. The van der Waals surface area contributed by atoms with Gasteiger partial charge in [-0.1, -0.05) is 44.2 Å². The lowest BCUT2D eigenvalue weighted by Crippen LogP contribution is -2.36. The van der Waals surface area contributed by atoms with Crippen molar-refractivity contribution in [3.05, 3.63) is 35.9 Å². The van der Waals surface area contributed by atoms with Crippen LogP contribution in [0.4, 0.5) is 0 Å². The zero-order valence-corrected chi connectivity index (χ0v) is 14.0. The van der Waals surface area contributed by atoms with E-state index < -0.39 is 0 Å².